The van der Waals surface area contributed by atoms with Crippen molar-refractivity contribution in [2.24, 2.45) is 0 Å². The smallest absolute Gasteiger partial charge is 0.726 e. The molecular formula is C48H100CeO16S4. The van der Waals surface area contributed by atoms with Crippen LogP contribution < -0.4 is 0 Å². The van der Waals surface area contributed by atoms with Crippen LogP contribution in [0.5, 0.6) is 0 Å². The van der Waals surface area contributed by atoms with Crippen molar-refractivity contribution in [3.05, 3.63) is 0 Å². The second-order valence-corrected chi connectivity index (χ2v) is 21.9. The SMILES string of the molecule is CCCCCCCCCCCCOS(=O)(=O)[O-].CCCCCCCCCCCCOS(=O)(=O)[O-].CCCCCCCCCCCCOS(=O)(=O)[O-].CCCCCCCCCCCCOS(=O)(=O)[O-].[Ce+4]. The Bertz CT molecular complexity index is 1220. The minimum atomic E-state index is -4.48. The van der Waals surface area contributed by atoms with Crippen LogP contribution in [-0.2, 0) is 58.3 Å². The zero-order valence-electron chi connectivity index (χ0n) is 43.8. The van der Waals surface area contributed by atoms with Gasteiger partial charge in [0.05, 0.1) is 26.4 Å². The van der Waals surface area contributed by atoms with Crippen molar-refractivity contribution < 1.29 is 110 Å². The first-order valence-electron chi connectivity index (χ1n) is 26.6. The summed E-state index contributed by atoms with van der Waals surface area (Å²) >= 11 is 0. The average molecular weight is 1200 g/mol. The van der Waals surface area contributed by atoms with Crippen LogP contribution in [-0.4, -0.2) is 78.3 Å². The summed E-state index contributed by atoms with van der Waals surface area (Å²) in [6.45, 7) is 8.97. The Morgan fingerprint density at radius 3 is 0.420 bits per heavy atom. The van der Waals surface area contributed by atoms with E-state index in [1.807, 2.05) is 0 Å². The van der Waals surface area contributed by atoms with E-state index in [4.69, 9.17) is 0 Å². The van der Waals surface area contributed by atoms with E-state index in [-0.39, 0.29) is 68.2 Å². The van der Waals surface area contributed by atoms with Gasteiger partial charge in [-0.1, -0.05) is 259 Å². The van der Waals surface area contributed by atoms with Gasteiger partial charge in [-0.2, -0.15) is 0 Å². The van der Waals surface area contributed by atoms with Crippen LogP contribution in [0.25, 0.3) is 0 Å². The predicted octanol–water partition coefficient (Wildman–Crippen LogP) is 13.5. The zero-order chi connectivity index (χ0) is 51.9. The molecule has 0 aliphatic carbocycles. The first-order valence-corrected chi connectivity index (χ1v) is 32.0. The number of rotatable bonds is 48. The molecule has 0 aliphatic heterocycles. The Kier molecular flexibility index (Phi) is 68.2. The van der Waals surface area contributed by atoms with Crippen molar-refractivity contribution in [3.8, 4) is 0 Å². The fourth-order valence-corrected chi connectivity index (χ4v) is 8.29. The molecule has 0 amide bonds. The first-order chi connectivity index (χ1) is 32.2. The van der Waals surface area contributed by atoms with E-state index in [1.165, 1.54) is 180 Å². The van der Waals surface area contributed by atoms with E-state index in [9.17, 15) is 51.9 Å². The van der Waals surface area contributed by atoms with E-state index < -0.39 is 41.6 Å². The fourth-order valence-electron chi connectivity index (χ4n) is 7.00. The van der Waals surface area contributed by atoms with Gasteiger partial charge in [0.25, 0.3) is 0 Å². The zero-order valence-corrected chi connectivity index (χ0v) is 50.2. The average Bonchev–Trinajstić information content (AvgIpc) is 3.25. The van der Waals surface area contributed by atoms with Crippen LogP contribution >= 0.6 is 0 Å². The van der Waals surface area contributed by atoms with Crippen molar-refractivity contribution in [2.75, 3.05) is 26.4 Å². The van der Waals surface area contributed by atoms with Gasteiger partial charge in [-0.15, -0.1) is 0 Å². The third-order valence-electron chi connectivity index (χ3n) is 10.9. The quantitative estimate of drug-likeness (QED) is 0.0311. The van der Waals surface area contributed by atoms with Crippen LogP contribution in [0.4, 0.5) is 0 Å². The predicted molar refractivity (Wildman–Crippen MR) is 270 cm³/mol. The molecule has 0 atom stereocenters. The van der Waals surface area contributed by atoms with E-state index in [2.05, 4.69) is 44.4 Å². The maximum Gasteiger partial charge on any atom is 4.00 e. The minimum Gasteiger partial charge on any atom is -0.726 e. The van der Waals surface area contributed by atoms with Crippen molar-refractivity contribution in [3.63, 3.8) is 0 Å². The number of unbranched alkanes of at least 4 members (excludes halogenated alkanes) is 36. The van der Waals surface area contributed by atoms with Gasteiger partial charge in [0.2, 0.25) is 41.6 Å². The monoisotopic (exact) mass is 1200 g/mol. The summed E-state index contributed by atoms with van der Waals surface area (Å²) in [5, 5.41) is 0. The van der Waals surface area contributed by atoms with Crippen LogP contribution in [0.1, 0.15) is 285 Å². The van der Waals surface area contributed by atoms with Gasteiger partial charge in [-0.3, -0.25) is 16.7 Å². The molecule has 0 N–H and O–H groups in total. The molecule has 0 bridgehead atoms. The Labute approximate surface area is 459 Å². The van der Waals surface area contributed by atoms with E-state index in [0.717, 1.165) is 51.4 Å². The van der Waals surface area contributed by atoms with Crippen LogP contribution in [0.15, 0.2) is 0 Å². The van der Waals surface area contributed by atoms with Crippen molar-refractivity contribution in [1.29, 1.82) is 0 Å². The Balaban J connectivity index is -0.000000263. The maximum absolute atomic E-state index is 10.1. The summed E-state index contributed by atoms with van der Waals surface area (Å²) in [4.78, 5) is 0. The molecule has 0 fully saturated rings. The summed E-state index contributed by atoms with van der Waals surface area (Å²) in [7, 11) is -17.9. The van der Waals surface area contributed by atoms with Crippen molar-refractivity contribution in [1.82, 2.24) is 0 Å². The number of hydrogen-bond acceptors (Lipinski definition) is 16. The standard InChI is InChI=1S/4C12H26O4S.Ce/c4*1-2-3-4-5-6-7-8-9-10-11-12-16-17(13,14)15;/h4*2-12H2,1H3,(H,13,14,15);/q;;;;+4/p-4. The second kappa shape index (κ2) is 59.7. The molecule has 16 nitrogen and oxygen atoms in total. The third kappa shape index (κ3) is 95.2. The first kappa shape index (κ1) is 78.7. The second-order valence-electron chi connectivity index (χ2n) is 17.6. The molecule has 0 saturated carbocycles. The van der Waals surface area contributed by atoms with E-state index in [0.29, 0.717) is 25.7 Å². The molecule has 0 unspecified atom stereocenters. The maximum atomic E-state index is 10.1. The molecule has 0 aromatic carbocycles. The molecule has 0 spiro atoms. The largest absolute Gasteiger partial charge is 4.00 e. The molecule has 0 saturated heterocycles. The fraction of sp³-hybridized carbons (Fsp3) is 1.00. The molecule has 0 rings (SSSR count). The number of hydrogen-bond donors (Lipinski definition) is 0. The minimum absolute atomic E-state index is 0. The molecule has 0 aromatic heterocycles. The van der Waals surface area contributed by atoms with Crippen molar-refractivity contribution >= 4 is 41.6 Å². The topological polar surface area (TPSA) is 266 Å². The van der Waals surface area contributed by atoms with Gasteiger partial charge >= 0.3 is 41.7 Å². The van der Waals surface area contributed by atoms with Gasteiger partial charge in [0, 0.05) is 0 Å². The van der Waals surface area contributed by atoms with Crippen LogP contribution in [0.3, 0.4) is 0 Å². The Morgan fingerprint density at radius 1 is 0.217 bits per heavy atom. The molecule has 0 heterocycles. The Morgan fingerprint density at radius 2 is 0.319 bits per heavy atom. The van der Waals surface area contributed by atoms with Gasteiger partial charge in [-0.05, 0) is 25.7 Å². The van der Waals surface area contributed by atoms with E-state index >= 15 is 0 Å². The van der Waals surface area contributed by atoms with Gasteiger partial charge < -0.3 is 18.2 Å². The third-order valence-corrected chi connectivity index (χ3v) is 12.7. The molecule has 0 radical (unpaired) electrons. The molecule has 21 heteroatoms. The van der Waals surface area contributed by atoms with Gasteiger partial charge in [0.1, 0.15) is 0 Å². The van der Waals surface area contributed by atoms with Crippen molar-refractivity contribution in [2.45, 2.75) is 285 Å². The Hall–Kier alpha value is 0.857. The van der Waals surface area contributed by atoms with Crippen LogP contribution in [0, 0.1) is 41.7 Å². The molecule has 69 heavy (non-hydrogen) atoms. The van der Waals surface area contributed by atoms with Gasteiger partial charge in [0.15, 0.2) is 0 Å². The summed E-state index contributed by atoms with van der Waals surface area (Å²) < 4.78 is 138. The van der Waals surface area contributed by atoms with Crippen LogP contribution in [0.2, 0.25) is 0 Å². The molecular weight excluding hydrogens is 1100 g/mol. The normalized spacial score (nSPS) is 11.7. The summed E-state index contributed by atoms with van der Waals surface area (Å²) in [6, 6.07) is 0. The van der Waals surface area contributed by atoms with E-state index in [1.54, 1.807) is 0 Å². The molecule has 0 aliphatic rings. The van der Waals surface area contributed by atoms with Gasteiger partial charge in [-0.25, -0.2) is 33.7 Å². The molecule has 416 valence electrons. The molecule has 0 aromatic rings. The summed E-state index contributed by atoms with van der Waals surface area (Å²) in [6.07, 6.45) is 46.8. The summed E-state index contributed by atoms with van der Waals surface area (Å²) in [5.41, 5.74) is 0. The summed E-state index contributed by atoms with van der Waals surface area (Å²) in [5.74, 6) is 0.